The summed E-state index contributed by atoms with van der Waals surface area (Å²) in [7, 11) is 0. The molecule has 6 nitrogen and oxygen atoms in total. The van der Waals surface area contributed by atoms with Crippen molar-refractivity contribution < 1.29 is 4.79 Å². The van der Waals surface area contributed by atoms with Gasteiger partial charge in [-0.3, -0.25) is 14.4 Å². The van der Waals surface area contributed by atoms with Gasteiger partial charge in [-0.15, -0.1) is 0 Å². The van der Waals surface area contributed by atoms with Crippen LogP contribution in [0.5, 0.6) is 0 Å². The Morgan fingerprint density at radius 1 is 1.00 bits per heavy atom. The average Bonchev–Trinajstić information content (AvgIpc) is 3.30. The minimum Gasteiger partial charge on any atom is -0.380 e. The Morgan fingerprint density at radius 3 is 2.26 bits per heavy atom. The highest BCUT2D eigenvalue weighted by molar-refractivity contribution is 5.92. The minimum atomic E-state index is -0.376. The molecule has 6 heteroatoms. The third-order valence-corrected chi connectivity index (χ3v) is 6.94. The topological polar surface area (TPSA) is 78.5 Å². The fraction of sp³-hybridized carbons (Fsp3) is 0.560. The molecule has 0 atom stereocenters. The van der Waals surface area contributed by atoms with Crippen LogP contribution in [0.2, 0.25) is 0 Å². The lowest BCUT2D eigenvalue weighted by Crippen LogP contribution is -2.42. The molecule has 1 aliphatic carbocycles. The molecule has 1 heterocycles. The van der Waals surface area contributed by atoms with Crippen LogP contribution < -0.4 is 26.4 Å². The second kappa shape index (κ2) is 9.25. The van der Waals surface area contributed by atoms with Crippen LogP contribution in [0.25, 0.3) is 0 Å². The first-order chi connectivity index (χ1) is 14.9. The van der Waals surface area contributed by atoms with Gasteiger partial charge in [0.15, 0.2) is 0 Å². The van der Waals surface area contributed by atoms with Gasteiger partial charge in [0.25, 0.3) is 10.9 Å². The molecule has 2 aliphatic rings. The summed E-state index contributed by atoms with van der Waals surface area (Å²) in [5.74, 6) is 1.03. The molecular formula is C25H33N3O3. The van der Waals surface area contributed by atoms with Crippen LogP contribution in [-0.2, 0) is 4.79 Å². The lowest BCUT2D eigenvalue weighted by Gasteiger charge is -2.29. The number of benzene rings is 1. The summed E-state index contributed by atoms with van der Waals surface area (Å²) in [6.45, 7) is 6.73. The Kier molecular flexibility index (Phi) is 6.44. The van der Waals surface area contributed by atoms with E-state index in [0.717, 1.165) is 57.3 Å². The maximum atomic E-state index is 12.7. The van der Waals surface area contributed by atoms with E-state index in [0.29, 0.717) is 29.8 Å². The molecule has 0 spiro atoms. The number of amides is 1. The summed E-state index contributed by atoms with van der Waals surface area (Å²) < 4.78 is 0. The quantitative estimate of drug-likeness (QED) is 0.661. The first-order valence-corrected chi connectivity index (χ1v) is 11.7. The van der Waals surface area contributed by atoms with Crippen molar-refractivity contribution in [2.45, 2.75) is 58.3 Å². The number of nitrogens with zero attached hydrogens (tertiary/aromatic N) is 1. The van der Waals surface area contributed by atoms with Crippen LogP contribution in [-0.4, -0.2) is 25.5 Å². The largest absolute Gasteiger partial charge is 0.380 e. The SMILES string of the molecule is CC(C)c1ccc(NC(=O)C2CCC(CNc3c(N4CCCC4)c(=O)c3=O)CC2)cc1. The lowest BCUT2D eigenvalue weighted by molar-refractivity contribution is -0.121. The molecule has 166 valence electrons. The number of anilines is 3. The molecule has 0 unspecified atom stereocenters. The van der Waals surface area contributed by atoms with Crippen LogP contribution in [0.15, 0.2) is 33.9 Å². The molecular weight excluding hydrogens is 390 g/mol. The molecule has 1 amide bonds. The molecule has 1 saturated carbocycles. The summed E-state index contributed by atoms with van der Waals surface area (Å²) in [6.07, 6.45) is 5.76. The number of rotatable bonds is 7. The van der Waals surface area contributed by atoms with Gasteiger partial charge < -0.3 is 15.5 Å². The zero-order chi connectivity index (χ0) is 22.0. The van der Waals surface area contributed by atoms with Gasteiger partial charge in [-0.25, -0.2) is 0 Å². The maximum absolute atomic E-state index is 12.7. The summed E-state index contributed by atoms with van der Waals surface area (Å²) >= 11 is 0. The van der Waals surface area contributed by atoms with Crippen molar-refractivity contribution in [3.05, 3.63) is 50.3 Å². The highest BCUT2D eigenvalue weighted by Crippen LogP contribution is 2.31. The Labute approximate surface area is 183 Å². The van der Waals surface area contributed by atoms with Crippen LogP contribution in [0.3, 0.4) is 0 Å². The monoisotopic (exact) mass is 423 g/mol. The van der Waals surface area contributed by atoms with Gasteiger partial charge in [0, 0.05) is 31.2 Å². The standard InChI is InChI=1S/C25H33N3O3/c1-16(2)18-9-11-20(12-10-18)27-25(31)19-7-5-17(6-8-19)15-26-21-22(24(30)23(21)29)28-13-3-4-14-28/h9-12,16-17,19,26H,3-8,13-15H2,1-2H3,(H,27,31). The molecule has 1 aliphatic heterocycles. The summed E-state index contributed by atoms with van der Waals surface area (Å²) in [5, 5.41) is 6.32. The van der Waals surface area contributed by atoms with Crippen LogP contribution in [0.4, 0.5) is 17.1 Å². The number of carbonyl (C=O) groups excluding carboxylic acids is 1. The molecule has 2 aromatic rings. The zero-order valence-electron chi connectivity index (χ0n) is 18.6. The Hall–Kier alpha value is -2.63. The molecule has 31 heavy (non-hydrogen) atoms. The fourth-order valence-corrected chi connectivity index (χ4v) is 4.86. The van der Waals surface area contributed by atoms with Crippen LogP contribution in [0.1, 0.15) is 63.9 Å². The smallest absolute Gasteiger partial charge is 0.253 e. The molecule has 0 aromatic heterocycles. The first-order valence-electron chi connectivity index (χ1n) is 11.7. The van der Waals surface area contributed by atoms with Crippen molar-refractivity contribution in [2.24, 2.45) is 11.8 Å². The zero-order valence-corrected chi connectivity index (χ0v) is 18.6. The Morgan fingerprint density at radius 2 is 1.65 bits per heavy atom. The second-order valence-electron chi connectivity index (χ2n) is 9.44. The lowest BCUT2D eigenvalue weighted by atomic mass is 9.81. The van der Waals surface area contributed by atoms with E-state index in [4.69, 9.17) is 0 Å². The van der Waals surface area contributed by atoms with Crippen molar-refractivity contribution in [3.8, 4) is 0 Å². The van der Waals surface area contributed by atoms with Gasteiger partial charge in [-0.2, -0.15) is 0 Å². The van der Waals surface area contributed by atoms with Gasteiger partial charge in [0.1, 0.15) is 11.4 Å². The summed E-state index contributed by atoms with van der Waals surface area (Å²) in [4.78, 5) is 38.7. The summed E-state index contributed by atoms with van der Waals surface area (Å²) in [5.41, 5.74) is 2.51. The minimum absolute atomic E-state index is 0.0346. The van der Waals surface area contributed by atoms with E-state index in [-0.39, 0.29) is 22.7 Å². The number of nitrogens with one attached hydrogen (secondary N) is 2. The van der Waals surface area contributed by atoms with Gasteiger partial charge in [0.05, 0.1) is 0 Å². The highest BCUT2D eigenvalue weighted by Gasteiger charge is 2.30. The van der Waals surface area contributed by atoms with E-state index in [2.05, 4.69) is 36.6 Å². The Balaban J connectivity index is 1.25. The predicted octanol–water partition coefficient (Wildman–Crippen LogP) is 3.86. The van der Waals surface area contributed by atoms with E-state index >= 15 is 0 Å². The van der Waals surface area contributed by atoms with Crippen molar-refractivity contribution in [1.82, 2.24) is 0 Å². The molecule has 0 radical (unpaired) electrons. The molecule has 2 N–H and O–H groups in total. The van der Waals surface area contributed by atoms with Gasteiger partial charge in [-0.05, 0) is 68.1 Å². The molecule has 2 aromatic carbocycles. The van der Waals surface area contributed by atoms with E-state index in [9.17, 15) is 14.4 Å². The second-order valence-corrected chi connectivity index (χ2v) is 9.44. The fourth-order valence-electron chi connectivity index (χ4n) is 4.86. The Bertz CT molecular complexity index is 975. The third-order valence-electron chi connectivity index (χ3n) is 6.94. The molecule has 2 fully saturated rings. The van der Waals surface area contributed by atoms with Crippen molar-refractivity contribution in [2.75, 3.05) is 35.2 Å². The van der Waals surface area contributed by atoms with Gasteiger partial charge >= 0.3 is 0 Å². The van der Waals surface area contributed by atoms with Crippen molar-refractivity contribution in [1.29, 1.82) is 0 Å². The number of hydrogen-bond donors (Lipinski definition) is 2. The van der Waals surface area contributed by atoms with Crippen molar-refractivity contribution >= 4 is 23.0 Å². The number of carbonyl (C=O) groups is 1. The van der Waals surface area contributed by atoms with E-state index in [1.807, 2.05) is 17.0 Å². The highest BCUT2D eigenvalue weighted by atomic mass is 16.2. The first kappa shape index (κ1) is 21.6. The van der Waals surface area contributed by atoms with Crippen LogP contribution in [0, 0.1) is 11.8 Å². The number of hydrogen-bond acceptors (Lipinski definition) is 5. The molecule has 0 bridgehead atoms. The third kappa shape index (κ3) is 4.68. The van der Waals surface area contributed by atoms with E-state index in [1.54, 1.807) is 0 Å². The van der Waals surface area contributed by atoms with Gasteiger partial charge in [0.2, 0.25) is 5.91 Å². The van der Waals surface area contributed by atoms with Crippen molar-refractivity contribution in [3.63, 3.8) is 0 Å². The summed E-state index contributed by atoms with van der Waals surface area (Å²) in [6, 6.07) is 8.09. The molecule has 1 saturated heterocycles. The van der Waals surface area contributed by atoms with E-state index < -0.39 is 0 Å². The predicted molar refractivity (Wildman–Crippen MR) is 126 cm³/mol. The average molecular weight is 424 g/mol. The van der Waals surface area contributed by atoms with E-state index in [1.165, 1.54) is 5.56 Å². The van der Waals surface area contributed by atoms with Crippen LogP contribution >= 0.6 is 0 Å². The van der Waals surface area contributed by atoms with Gasteiger partial charge in [-0.1, -0.05) is 26.0 Å². The maximum Gasteiger partial charge on any atom is 0.253 e. The normalized spacial score (nSPS) is 21.6. The molecule has 4 rings (SSSR count).